The maximum Gasteiger partial charge on any atom is 0.242 e. The summed E-state index contributed by atoms with van der Waals surface area (Å²) in [5.41, 5.74) is 0.714. The fourth-order valence-electron chi connectivity index (χ4n) is 4.20. The van der Waals surface area contributed by atoms with Gasteiger partial charge >= 0.3 is 0 Å². The van der Waals surface area contributed by atoms with Crippen molar-refractivity contribution in [1.29, 1.82) is 0 Å². The first-order valence-electron chi connectivity index (χ1n) is 12.0. The molecule has 2 N–H and O–H groups in total. The van der Waals surface area contributed by atoms with E-state index >= 15 is 0 Å². The second-order valence-corrected chi connectivity index (χ2v) is 13.3. The van der Waals surface area contributed by atoms with Crippen molar-refractivity contribution in [2.75, 3.05) is 44.8 Å². The minimum Gasteiger partial charge on any atom is -0.497 e. The van der Waals surface area contributed by atoms with E-state index in [-0.39, 0.29) is 48.5 Å². The van der Waals surface area contributed by atoms with Gasteiger partial charge in [-0.15, -0.1) is 0 Å². The van der Waals surface area contributed by atoms with Crippen LogP contribution in [0.4, 0.5) is 5.69 Å². The molecule has 1 aliphatic heterocycles. The Morgan fingerprint density at radius 2 is 1.84 bits per heavy atom. The summed E-state index contributed by atoms with van der Waals surface area (Å²) in [6.07, 6.45) is 0.274. The standard InChI is InChI=1S/C25H35N3O8S2/c1-17-14-28(18(2)16-29)25(30)13-19-12-20(26-37(5,31)32)6-11-23(19)36-24(17)15-27(3)38(33,34)22-9-7-21(35-4)8-10-22/h6-12,17-18,24,26,29H,13-16H2,1-5H3/t17-,18-,24+/m1/s1. The van der Waals surface area contributed by atoms with Gasteiger partial charge in [-0.3, -0.25) is 9.52 Å². The van der Waals surface area contributed by atoms with E-state index in [0.29, 0.717) is 17.1 Å². The number of carbonyl (C=O) groups excluding carboxylic acids is 1. The molecule has 0 fully saturated rings. The zero-order valence-corrected chi connectivity index (χ0v) is 23.8. The molecule has 3 rings (SSSR count). The number of nitrogens with zero attached hydrogens (tertiary/aromatic N) is 2. The van der Waals surface area contributed by atoms with Crippen molar-refractivity contribution in [3.05, 3.63) is 48.0 Å². The Kier molecular flexibility index (Phi) is 9.29. The molecule has 13 heteroatoms. The number of methoxy groups -OCH3 is 1. The molecular formula is C25H35N3O8S2. The van der Waals surface area contributed by atoms with E-state index in [1.54, 1.807) is 30.0 Å². The number of likely N-dealkylation sites (N-methyl/N-ethyl adjacent to an activating group) is 1. The number of sulfonamides is 2. The SMILES string of the molecule is COc1ccc(S(=O)(=O)N(C)C[C@@H]2Oc3ccc(NS(C)(=O)=O)cc3CC(=O)N([C@H](C)CO)C[C@H]2C)cc1. The minimum atomic E-state index is -3.87. The highest BCUT2D eigenvalue weighted by Crippen LogP contribution is 2.30. The molecule has 0 spiro atoms. The minimum absolute atomic E-state index is 0.0200. The summed E-state index contributed by atoms with van der Waals surface area (Å²) >= 11 is 0. The van der Waals surface area contributed by atoms with Crippen molar-refractivity contribution in [2.24, 2.45) is 5.92 Å². The summed E-state index contributed by atoms with van der Waals surface area (Å²) in [7, 11) is -4.46. The van der Waals surface area contributed by atoms with Crippen LogP contribution < -0.4 is 14.2 Å². The highest BCUT2D eigenvalue weighted by molar-refractivity contribution is 7.92. The lowest BCUT2D eigenvalue weighted by Crippen LogP contribution is -2.48. The van der Waals surface area contributed by atoms with Crippen LogP contribution >= 0.6 is 0 Å². The number of aliphatic hydroxyl groups is 1. The normalized spacial score (nSPS) is 19.6. The van der Waals surface area contributed by atoms with Gasteiger partial charge in [0.15, 0.2) is 0 Å². The number of benzene rings is 2. The summed E-state index contributed by atoms with van der Waals surface area (Å²) in [5, 5.41) is 9.77. The van der Waals surface area contributed by atoms with Gasteiger partial charge in [0.05, 0.1) is 43.9 Å². The van der Waals surface area contributed by atoms with Crippen LogP contribution in [0.15, 0.2) is 47.4 Å². The summed E-state index contributed by atoms with van der Waals surface area (Å²) in [6, 6.07) is 10.2. The molecule has 0 unspecified atom stereocenters. The van der Waals surface area contributed by atoms with Crippen molar-refractivity contribution in [3.63, 3.8) is 0 Å². The van der Waals surface area contributed by atoms with Gasteiger partial charge in [0.2, 0.25) is 26.0 Å². The monoisotopic (exact) mass is 569 g/mol. The Morgan fingerprint density at radius 3 is 2.42 bits per heavy atom. The zero-order chi connectivity index (χ0) is 28.3. The number of aliphatic hydroxyl groups excluding tert-OH is 1. The molecular weight excluding hydrogens is 534 g/mol. The smallest absolute Gasteiger partial charge is 0.242 e. The topological polar surface area (TPSA) is 143 Å². The average molecular weight is 570 g/mol. The van der Waals surface area contributed by atoms with E-state index in [1.165, 1.54) is 42.7 Å². The quantitative estimate of drug-likeness (QED) is 0.463. The maximum atomic E-state index is 13.3. The van der Waals surface area contributed by atoms with Gasteiger partial charge in [-0.2, -0.15) is 4.31 Å². The summed E-state index contributed by atoms with van der Waals surface area (Å²) in [5.74, 6) is 0.299. The van der Waals surface area contributed by atoms with E-state index in [2.05, 4.69) is 4.72 Å². The number of anilines is 1. The third-order valence-electron chi connectivity index (χ3n) is 6.42. The second-order valence-electron chi connectivity index (χ2n) is 9.55. The Balaban J connectivity index is 1.98. The van der Waals surface area contributed by atoms with Crippen molar-refractivity contribution >= 4 is 31.6 Å². The highest BCUT2D eigenvalue weighted by Gasteiger charge is 2.33. The lowest BCUT2D eigenvalue weighted by Gasteiger charge is -2.33. The molecule has 0 aliphatic carbocycles. The van der Waals surface area contributed by atoms with Crippen molar-refractivity contribution in [2.45, 2.75) is 37.3 Å². The molecule has 38 heavy (non-hydrogen) atoms. The van der Waals surface area contributed by atoms with E-state index in [4.69, 9.17) is 9.47 Å². The van der Waals surface area contributed by atoms with Gasteiger partial charge in [-0.25, -0.2) is 16.8 Å². The molecule has 0 radical (unpaired) electrons. The number of hydrogen-bond donors (Lipinski definition) is 2. The van der Waals surface area contributed by atoms with Gasteiger partial charge in [0, 0.05) is 30.8 Å². The predicted molar refractivity (Wildman–Crippen MR) is 143 cm³/mol. The van der Waals surface area contributed by atoms with Gasteiger partial charge in [-0.1, -0.05) is 6.92 Å². The van der Waals surface area contributed by atoms with Crippen LogP contribution in [0.25, 0.3) is 0 Å². The van der Waals surface area contributed by atoms with Crippen LogP contribution in [0.1, 0.15) is 19.4 Å². The number of nitrogens with one attached hydrogen (secondary N) is 1. The van der Waals surface area contributed by atoms with Crippen LogP contribution in [0.5, 0.6) is 11.5 Å². The van der Waals surface area contributed by atoms with E-state index in [9.17, 15) is 26.7 Å². The fourth-order valence-corrected chi connectivity index (χ4v) is 5.94. The first kappa shape index (κ1) is 29.7. The van der Waals surface area contributed by atoms with Crippen LogP contribution in [-0.4, -0.2) is 89.3 Å². The first-order valence-corrected chi connectivity index (χ1v) is 15.4. The van der Waals surface area contributed by atoms with Crippen LogP contribution in [0.2, 0.25) is 0 Å². The van der Waals surface area contributed by atoms with Crippen molar-refractivity contribution < 1.29 is 36.2 Å². The molecule has 1 heterocycles. The third-order valence-corrected chi connectivity index (χ3v) is 8.87. The van der Waals surface area contributed by atoms with Crippen LogP contribution in [0.3, 0.4) is 0 Å². The van der Waals surface area contributed by atoms with E-state index in [0.717, 1.165) is 6.26 Å². The van der Waals surface area contributed by atoms with E-state index in [1.807, 2.05) is 6.92 Å². The first-order chi connectivity index (χ1) is 17.7. The lowest BCUT2D eigenvalue weighted by molar-refractivity contribution is -0.134. The largest absolute Gasteiger partial charge is 0.497 e. The highest BCUT2D eigenvalue weighted by atomic mass is 32.2. The molecule has 3 atom stereocenters. The van der Waals surface area contributed by atoms with Crippen molar-refractivity contribution in [1.82, 2.24) is 9.21 Å². The number of carbonyl (C=O) groups is 1. The number of fused-ring (bicyclic) bond motifs is 1. The predicted octanol–water partition coefficient (Wildman–Crippen LogP) is 1.54. The van der Waals surface area contributed by atoms with Gasteiger partial charge < -0.3 is 19.5 Å². The van der Waals surface area contributed by atoms with Gasteiger partial charge in [0.1, 0.15) is 17.6 Å². The molecule has 11 nitrogen and oxygen atoms in total. The Morgan fingerprint density at radius 1 is 1.18 bits per heavy atom. The Hall–Kier alpha value is -2.87. The molecule has 210 valence electrons. The Bertz CT molecular complexity index is 1350. The number of amides is 1. The molecule has 0 saturated carbocycles. The number of hydrogen-bond acceptors (Lipinski definition) is 8. The molecule has 1 amide bonds. The summed E-state index contributed by atoms with van der Waals surface area (Å²) in [6.45, 7) is 3.53. The molecule has 0 saturated heterocycles. The van der Waals surface area contributed by atoms with Crippen LogP contribution in [0, 0.1) is 5.92 Å². The lowest BCUT2D eigenvalue weighted by atomic mass is 10.0. The molecule has 0 bridgehead atoms. The maximum absolute atomic E-state index is 13.3. The van der Waals surface area contributed by atoms with E-state index < -0.39 is 32.2 Å². The zero-order valence-electron chi connectivity index (χ0n) is 22.1. The molecule has 2 aromatic carbocycles. The number of ether oxygens (including phenoxy) is 2. The molecule has 1 aliphatic rings. The second kappa shape index (κ2) is 11.9. The molecule has 2 aromatic rings. The van der Waals surface area contributed by atoms with Gasteiger partial charge in [-0.05, 0) is 49.4 Å². The number of rotatable bonds is 9. The molecule has 0 aromatic heterocycles. The Labute approximate surface area is 224 Å². The van der Waals surface area contributed by atoms with Crippen LogP contribution in [-0.2, 0) is 31.3 Å². The average Bonchev–Trinajstić information content (AvgIpc) is 2.90. The van der Waals surface area contributed by atoms with Gasteiger partial charge in [0.25, 0.3) is 0 Å². The fraction of sp³-hybridized carbons (Fsp3) is 0.480. The summed E-state index contributed by atoms with van der Waals surface area (Å²) < 4.78 is 65.1. The third kappa shape index (κ3) is 7.16. The van der Waals surface area contributed by atoms with Crippen molar-refractivity contribution in [3.8, 4) is 11.5 Å². The summed E-state index contributed by atoms with van der Waals surface area (Å²) in [4.78, 5) is 14.9.